The van der Waals surface area contributed by atoms with Crippen molar-refractivity contribution in [1.29, 1.82) is 0 Å². The van der Waals surface area contributed by atoms with E-state index in [-0.39, 0.29) is 51.0 Å². The van der Waals surface area contributed by atoms with Crippen LogP contribution in [-0.2, 0) is 31.8 Å². The van der Waals surface area contributed by atoms with Crippen LogP contribution in [0.15, 0.2) is 42.5 Å². The Morgan fingerprint density at radius 3 is 1.87 bits per heavy atom. The quantitative estimate of drug-likeness (QED) is 0.411. The van der Waals surface area contributed by atoms with E-state index in [0.717, 1.165) is 18.2 Å². The van der Waals surface area contributed by atoms with Gasteiger partial charge in [-0.2, -0.15) is 26.3 Å². The fourth-order valence-corrected chi connectivity index (χ4v) is 6.60. The van der Waals surface area contributed by atoms with Crippen molar-refractivity contribution in [2.75, 3.05) is 57.2 Å². The van der Waals surface area contributed by atoms with Crippen molar-refractivity contribution in [3.05, 3.63) is 65.0 Å². The third kappa shape index (κ3) is 8.53. The van der Waals surface area contributed by atoms with Gasteiger partial charge in [-0.25, -0.2) is 17.6 Å². The van der Waals surface area contributed by atoms with Crippen LogP contribution in [0.2, 0.25) is 0 Å². The second kappa shape index (κ2) is 13.3. The zero-order valence-corrected chi connectivity index (χ0v) is 26.4. The van der Waals surface area contributed by atoms with Crippen LogP contribution in [0.4, 0.5) is 41.2 Å². The maximum Gasteiger partial charge on any atom is 0.416 e. The number of likely N-dealkylation sites (N-methyl/N-ethyl adjacent to an activating group) is 1. The fourth-order valence-electron chi connectivity index (χ4n) is 5.97. The number of anilines is 1. The number of urea groups is 1. The average Bonchev–Trinajstić information content (AvgIpc) is 3.43. The number of carbonyl (C=O) groups excluding carboxylic acids is 3. The molecule has 2 atom stereocenters. The third-order valence-electron chi connectivity index (χ3n) is 8.53. The largest absolute Gasteiger partial charge is 0.416 e. The Kier molecular flexibility index (Phi) is 10.2. The van der Waals surface area contributed by atoms with Crippen molar-refractivity contribution < 1.29 is 53.5 Å². The lowest BCUT2D eigenvalue weighted by Crippen LogP contribution is -2.48. The molecule has 0 N–H and O–H groups in total. The molecule has 2 fully saturated rings. The molecule has 47 heavy (non-hydrogen) atoms. The molecule has 2 aliphatic heterocycles. The molecule has 2 aromatic carbocycles. The minimum absolute atomic E-state index is 0.0390. The fraction of sp³-hybridized carbons (Fsp3) is 0.500. The van der Waals surface area contributed by atoms with E-state index in [1.165, 1.54) is 41.1 Å². The van der Waals surface area contributed by atoms with E-state index in [9.17, 15) is 53.5 Å². The van der Waals surface area contributed by atoms with Crippen LogP contribution < -0.4 is 4.90 Å². The predicted molar refractivity (Wildman–Crippen MR) is 157 cm³/mol. The second-order valence-electron chi connectivity index (χ2n) is 11.9. The number of hydrogen-bond acceptors (Lipinski definition) is 5. The first-order valence-electron chi connectivity index (χ1n) is 14.5. The highest BCUT2D eigenvalue weighted by atomic mass is 32.2. The van der Waals surface area contributed by atoms with Crippen molar-refractivity contribution in [2.45, 2.75) is 37.2 Å². The zero-order valence-electron chi connectivity index (χ0n) is 25.6. The Morgan fingerprint density at radius 2 is 1.38 bits per heavy atom. The summed E-state index contributed by atoms with van der Waals surface area (Å²) in [4.78, 5) is 44.2. The van der Waals surface area contributed by atoms with Crippen molar-refractivity contribution >= 4 is 33.4 Å². The molecule has 2 heterocycles. The first-order valence-corrected chi connectivity index (χ1v) is 16.5. The third-order valence-corrected chi connectivity index (χ3v) is 9.30. The number of amides is 4. The normalized spacial score (nSPS) is 19.5. The molecule has 258 valence electrons. The number of likely N-dealkylation sites (tertiary alicyclic amines) is 2. The standard InChI is InChI=1S/C30H33F7N4O5S/c1-38(23-13-20(29(32,33)34)12-21(14-23)30(35,36)37)28(44)39(2)25-16-41(15-24(25)18-4-6-22(31)7-5-18)27(43)19-8-10-40(11-9-19)26(42)17-47(3,45)46/h4-7,12-14,19,24-25H,8-11,15-17H2,1-3H3/t24-,25+/m0/s1. The number of carbonyl (C=O) groups is 3. The number of alkyl halides is 6. The van der Waals surface area contributed by atoms with Gasteiger partial charge in [0.25, 0.3) is 0 Å². The number of sulfone groups is 1. The topological polar surface area (TPSA) is 98.3 Å². The van der Waals surface area contributed by atoms with Crippen LogP contribution in [0, 0.1) is 11.7 Å². The number of benzene rings is 2. The van der Waals surface area contributed by atoms with Crippen molar-refractivity contribution in [3.63, 3.8) is 0 Å². The molecule has 4 rings (SSSR count). The van der Waals surface area contributed by atoms with E-state index in [4.69, 9.17) is 0 Å². The lowest BCUT2D eigenvalue weighted by molar-refractivity contribution is -0.143. The number of hydrogen-bond donors (Lipinski definition) is 0. The molecule has 2 saturated heterocycles. The Hall–Kier alpha value is -3.89. The molecule has 0 bridgehead atoms. The summed E-state index contributed by atoms with van der Waals surface area (Å²) in [5, 5.41) is 0. The van der Waals surface area contributed by atoms with Crippen LogP contribution in [0.1, 0.15) is 35.4 Å². The molecule has 9 nitrogen and oxygen atoms in total. The van der Waals surface area contributed by atoms with Gasteiger partial charge in [0.15, 0.2) is 9.84 Å². The minimum atomic E-state index is -5.12. The van der Waals surface area contributed by atoms with Crippen molar-refractivity contribution in [3.8, 4) is 0 Å². The molecule has 17 heteroatoms. The Morgan fingerprint density at radius 1 is 0.851 bits per heavy atom. The smallest absolute Gasteiger partial charge is 0.342 e. The molecule has 2 aliphatic rings. The lowest BCUT2D eigenvalue weighted by Gasteiger charge is -2.34. The summed E-state index contributed by atoms with van der Waals surface area (Å²) in [6.07, 6.45) is -8.79. The zero-order chi connectivity index (χ0) is 35.1. The van der Waals surface area contributed by atoms with Gasteiger partial charge in [0.1, 0.15) is 11.6 Å². The molecule has 0 spiro atoms. The Balaban J connectivity index is 1.56. The van der Waals surface area contributed by atoms with Crippen LogP contribution in [-0.4, -0.2) is 99.3 Å². The van der Waals surface area contributed by atoms with Gasteiger partial charge in [0, 0.05) is 64.1 Å². The minimum Gasteiger partial charge on any atom is -0.342 e. The van der Waals surface area contributed by atoms with Gasteiger partial charge in [0.05, 0.1) is 17.2 Å². The summed E-state index contributed by atoms with van der Waals surface area (Å²) < 4.78 is 118. The summed E-state index contributed by atoms with van der Waals surface area (Å²) in [5.74, 6) is -3.17. The lowest BCUT2D eigenvalue weighted by atomic mass is 9.93. The van der Waals surface area contributed by atoms with E-state index >= 15 is 0 Å². The maximum absolute atomic E-state index is 13.8. The highest BCUT2D eigenvalue weighted by Gasteiger charge is 2.43. The highest BCUT2D eigenvalue weighted by Crippen LogP contribution is 2.39. The summed E-state index contributed by atoms with van der Waals surface area (Å²) in [6, 6.07) is 4.42. The summed E-state index contributed by atoms with van der Waals surface area (Å²) in [7, 11) is -1.18. The molecular weight excluding hydrogens is 661 g/mol. The molecule has 0 unspecified atom stereocenters. The molecular formula is C30H33F7N4O5S. The van der Waals surface area contributed by atoms with Crippen LogP contribution in [0.3, 0.4) is 0 Å². The summed E-state index contributed by atoms with van der Waals surface area (Å²) in [6.45, 7) is 0.346. The van der Waals surface area contributed by atoms with E-state index in [1.807, 2.05) is 0 Å². The van der Waals surface area contributed by atoms with Gasteiger partial charge in [-0.1, -0.05) is 12.1 Å². The van der Waals surface area contributed by atoms with Crippen LogP contribution >= 0.6 is 0 Å². The van der Waals surface area contributed by atoms with E-state index in [2.05, 4.69) is 0 Å². The number of halogens is 7. The van der Waals surface area contributed by atoms with Crippen LogP contribution in [0.5, 0.6) is 0 Å². The van der Waals surface area contributed by atoms with Gasteiger partial charge in [-0.3, -0.25) is 14.5 Å². The SMILES string of the molecule is CN(C(=O)N(C)[C@@H]1CN(C(=O)C2CCN(C(=O)CS(C)(=O)=O)CC2)C[C@H]1c1ccc(F)cc1)c1cc(C(F)(F)F)cc(C(F)(F)F)c1. The summed E-state index contributed by atoms with van der Waals surface area (Å²) >= 11 is 0. The van der Waals surface area contributed by atoms with Gasteiger partial charge in [-0.05, 0) is 48.7 Å². The first kappa shape index (κ1) is 36.0. The first-order chi connectivity index (χ1) is 21.7. The summed E-state index contributed by atoms with van der Waals surface area (Å²) in [5.41, 5.74) is -3.27. The predicted octanol–water partition coefficient (Wildman–Crippen LogP) is 4.63. The second-order valence-corrected chi connectivity index (χ2v) is 14.1. The number of nitrogens with zero attached hydrogens (tertiary/aromatic N) is 4. The molecule has 0 saturated carbocycles. The molecule has 4 amide bonds. The average molecular weight is 695 g/mol. The maximum atomic E-state index is 13.8. The van der Waals surface area contributed by atoms with Gasteiger partial charge in [-0.15, -0.1) is 0 Å². The van der Waals surface area contributed by atoms with Gasteiger partial charge >= 0.3 is 18.4 Å². The Bertz CT molecular complexity index is 1580. The molecule has 0 aliphatic carbocycles. The highest BCUT2D eigenvalue weighted by molar-refractivity contribution is 7.91. The van der Waals surface area contributed by atoms with Crippen molar-refractivity contribution in [2.24, 2.45) is 5.92 Å². The Labute approximate surface area is 266 Å². The van der Waals surface area contributed by atoms with E-state index in [0.29, 0.717) is 22.6 Å². The number of rotatable bonds is 6. The van der Waals surface area contributed by atoms with Crippen LogP contribution in [0.25, 0.3) is 0 Å². The van der Waals surface area contributed by atoms with E-state index in [1.54, 1.807) is 0 Å². The molecule has 2 aromatic rings. The molecule has 0 radical (unpaired) electrons. The monoisotopic (exact) mass is 694 g/mol. The van der Waals surface area contributed by atoms with Gasteiger partial charge in [0.2, 0.25) is 11.8 Å². The van der Waals surface area contributed by atoms with Gasteiger partial charge < -0.3 is 14.7 Å². The number of piperidine rings is 1. The molecule has 0 aromatic heterocycles. The van der Waals surface area contributed by atoms with E-state index < -0.39 is 80.4 Å². The van der Waals surface area contributed by atoms with Crippen molar-refractivity contribution in [1.82, 2.24) is 14.7 Å².